The summed E-state index contributed by atoms with van der Waals surface area (Å²) in [5, 5.41) is 12.5. The molecule has 24 heavy (non-hydrogen) atoms. The number of aromatic nitrogens is 2. The van der Waals surface area contributed by atoms with E-state index in [1.165, 1.54) is 0 Å². The minimum Gasteiger partial charge on any atom is -0.317 e. The van der Waals surface area contributed by atoms with Gasteiger partial charge in [-0.3, -0.25) is 4.98 Å². The molecule has 3 rings (SSSR count). The van der Waals surface area contributed by atoms with E-state index in [0.717, 1.165) is 53.9 Å². The second kappa shape index (κ2) is 7.25. The van der Waals surface area contributed by atoms with E-state index in [4.69, 9.17) is 5.26 Å². The van der Waals surface area contributed by atoms with Crippen molar-refractivity contribution < 1.29 is 0 Å². The van der Waals surface area contributed by atoms with Gasteiger partial charge in [-0.05, 0) is 63.0 Å². The zero-order valence-electron chi connectivity index (χ0n) is 14.1. The van der Waals surface area contributed by atoms with Crippen LogP contribution in [0, 0.1) is 42.9 Å². The number of aryl methyl sites for hydroxylation is 2. The standard InChI is InChI=1S/C20H20N4/c1-14-12-24-18(11-21)10-19(14)20-9-17(13-23-15(20)2)4-3-16-5-7-22-8-6-16/h9-10,12-13,16,22H,5-8H2,1-2H3. The molecule has 2 aromatic rings. The van der Waals surface area contributed by atoms with Crippen molar-refractivity contribution >= 4 is 0 Å². The third-order valence-corrected chi connectivity index (χ3v) is 4.35. The molecular weight excluding hydrogens is 296 g/mol. The van der Waals surface area contributed by atoms with Crippen LogP contribution >= 0.6 is 0 Å². The smallest absolute Gasteiger partial charge is 0.141 e. The maximum absolute atomic E-state index is 9.10. The lowest BCUT2D eigenvalue weighted by Gasteiger charge is -2.17. The molecule has 2 aromatic heterocycles. The highest BCUT2D eigenvalue weighted by Crippen LogP contribution is 2.26. The van der Waals surface area contributed by atoms with Gasteiger partial charge >= 0.3 is 0 Å². The van der Waals surface area contributed by atoms with Crippen molar-refractivity contribution in [2.75, 3.05) is 13.1 Å². The summed E-state index contributed by atoms with van der Waals surface area (Å²) in [6.45, 7) is 6.06. The number of nitriles is 1. The van der Waals surface area contributed by atoms with Crippen LogP contribution in [0.2, 0.25) is 0 Å². The van der Waals surface area contributed by atoms with Crippen LogP contribution in [-0.4, -0.2) is 23.1 Å². The molecule has 4 heteroatoms. The molecule has 120 valence electrons. The topological polar surface area (TPSA) is 61.6 Å². The van der Waals surface area contributed by atoms with Crippen molar-refractivity contribution in [3.8, 4) is 29.0 Å². The number of nitrogens with zero attached hydrogens (tertiary/aromatic N) is 3. The second-order valence-electron chi connectivity index (χ2n) is 6.15. The summed E-state index contributed by atoms with van der Waals surface area (Å²) in [6, 6.07) is 5.99. The molecule has 1 N–H and O–H groups in total. The predicted octanol–water partition coefficient (Wildman–Crippen LogP) is 2.98. The number of nitrogens with one attached hydrogen (secondary N) is 1. The fraction of sp³-hybridized carbons (Fsp3) is 0.350. The second-order valence-corrected chi connectivity index (χ2v) is 6.15. The minimum atomic E-state index is 0.418. The lowest BCUT2D eigenvalue weighted by molar-refractivity contribution is 0.447. The maximum atomic E-state index is 9.10. The van der Waals surface area contributed by atoms with E-state index < -0.39 is 0 Å². The Morgan fingerprint density at radius 2 is 1.88 bits per heavy atom. The molecule has 1 aliphatic heterocycles. The summed E-state index contributed by atoms with van der Waals surface area (Å²) in [5.74, 6) is 7.12. The molecule has 1 fully saturated rings. The summed E-state index contributed by atoms with van der Waals surface area (Å²) < 4.78 is 0. The van der Waals surface area contributed by atoms with Gasteiger partial charge in [0.05, 0.1) is 0 Å². The molecule has 4 nitrogen and oxygen atoms in total. The first kappa shape index (κ1) is 16.2. The van der Waals surface area contributed by atoms with Gasteiger partial charge in [-0.1, -0.05) is 11.8 Å². The molecule has 0 unspecified atom stereocenters. The molecule has 0 aromatic carbocycles. The predicted molar refractivity (Wildman–Crippen MR) is 94.1 cm³/mol. The number of piperidine rings is 1. The van der Waals surface area contributed by atoms with Crippen molar-refractivity contribution in [1.29, 1.82) is 5.26 Å². The minimum absolute atomic E-state index is 0.418. The van der Waals surface area contributed by atoms with E-state index in [0.29, 0.717) is 11.6 Å². The van der Waals surface area contributed by atoms with Crippen molar-refractivity contribution in [3.05, 3.63) is 47.0 Å². The zero-order chi connectivity index (χ0) is 16.9. The highest BCUT2D eigenvalue weighted by molar-refractivity contribution is 5.71. The molecule has 0 bridgehead atoms. The summed E-state index contributed by atoms with van der Waals surface area (Å²) in [4.78, 5) is 8.61. The van der Waals surface area contributed by atoms with Gasteiger partial charge < -0.3 is 5.32 Å². The number of hydrogen-bond acceptors (Lipinski definition) is 4. The van der Waals surface area contributed by atoms with Gasteiger partial charge in [0.2, 0.25) is 0 Å². The summed E-state index contributed by atoms with van der Waals surface area (Å²) in [7, 11) is 0. The Labute approximate surface area is 143 Å². The van der Waals surface area contributed by atoms with Crippen LogP contribution < -0.4 is 5.32 Å². The van der Waals surface area contributed by atoms with E-state index >= 15 is 0 Å². The third-order valence-electron chi connectivity index (χ3n) is 4.35. The first-order valence-electron chi connectivity index (χ1n) is 8.23. The van der Waals surface area contributed by atoms with Crippen molar-refractivity contribution in [1.82, 2.24) is 15.3 Å². The van der Waals surface area contributed by atoms with E-state index in [1.807, 2.05) is 26.1 Å². The van der Waals surface area contributed by atoms with Gasteiger partial charge in [0, 0.05) is 35.1 Å². The zero-order valence-corrected chi connectivity index (χ0v) is 14.1. The number of rotatable bonds is 1. The highest BCUT2D eigenvalue weighted by atomic mass is 14.9. The Bertz CT molecular complexity index is 846. The molecule has 0 atom stereocenters. The highest BCUT2D eigenvalue weighted by Gasteiger charge is 2.11. The van der Waals surface area contributed by atoms with Crippen molar-refractivity contribution in [2.24, 2.45) is 5.92 Å². The average Bonchev–Trinajstić information content (AvgIpc) is 2.62. The first-order chi connectivity index (χ1) is 11.7. The Morgan fingerprint density at radius 1 is 1.08 bits per heavy atom. The third kappa shape index (κ3) is 3.62. The van der Waals surface area contributed by atoms with Gasteiger partial charge in [0.25, 0.3) is 0 Å². The fourth-order valence-electron chi connectivity index (χ4n) is 2.90. The lowest BCUT2D eigenvalue weighted by Crippen LogP contribution is -2.26. The van der Waals surface area contributed by atoms with E-state index in [9.17, 15) is 0 Å². The fourth-order valence-corrected chi connectivity index (χ4v) is 2.90. The quantitative estimate of drug-likeness (QED) is 0.822. The van der Waals surface area contributed by atoms with Crippen LogP contribution in [-0.2, 0) is 0 Å². The van der Waals surface area contributed by atoms with E-state index in [-0.39, 0.29) is 0 Å². The summed E-state index contributed by atoms with van der Waals surface area (Å²) >= 11 is 0. The molecule has 1 saturated heterocycles. The van der Waals surface area contributed by atoms with Crippen molar-refractivity contribution in [3.63, 3.8) is 0 Å². The van der Waals surface area contributed by atoms with Gasteiger partial charge in [0.15, 0.2) is 0 Å². The van der Waals surface area contributed by atoms with Crippen LogP contribution in [0.25, 0.3) is 11.1 Å². The molecule has 0 radical (unpaired) electrons. The van der Waals surface area contributed by atoms with Gasteiger partial charge in [-0.15, -0.1) is 0 Å². The van der Waals surface area contributed by atoms with E-state index in [2.05, 4.69) is 39.3 Å². The van der Waals surface area contributed by atoms with Crippen LogP contribution in [0.3, 0.4) is 0 Å². The lowest BCUT2D eigenvalue weighted by atomic mass is 9.97. The van der Waals surface area contributed by atoms with Crippen LogP contribution in [0.1, 0.15) is 35.4 Å². The molecule has 0 amide bonds. The summed E-state index contributed by atoms with van der Waals surface area (Å²) in [6.07, 6.45) is 5.78. The first-order valence-corrected chi connectivity index (χ1v) is 8.23. The normalized spacial score (nSPS) is 14.5. The SMILES string of the molecule is Cc1cnc(C#N)cc1-c1cc(C#CC2CCNCC2)cnc1C. The molecule has 3 heterocycles. The summed E-state index contributed by atoms with van der Waals surface area (Å²) in [5.41, 5.74) is 5.31. The average molecular weight is 316 g/mol. The van der Waals surface area contributed by atoms with Crippen LogP contribution in [0.4, 0.5) is 0 Å². The Balaban J connectivity index is 1.95. The van der Waals surface area contributed by atoms with Crippen LogP contribution in [0.5, 0.6) is 0 Å². The largest absolute Gasteiger partial charge is 0.317 e. The van der Waals surface area contributed by atoms with Gasteiger partial charge in [0.1, 0.15) is 11.8 Å². The number of hydrogen-bond donors (Lipinski definition) is 1. The Kier molecular flexibility index (Phi) is 4.89. The molecule has 0 aliphatic carbocycles. The van der Waals surface area contributed by atoms with Gasteiger partial charge in [-0.25, -0.2) is 4.98 Å². The van der Waals surface area contributed by atoms with Crippen molar-refractivity contribution in [2.45, 2.75) is 26.7 Å². The molecule has 1 aliphatic rings. The van der Waals surface area contributed by atoms with Gasteiger partial charge in [-0.2, -0.15) is 5.26 Å². The molecular formula is C20H20N4. The van der Waals surface area contributed by atoms with Crippen LogP contribution in [0.15, 0.2) is 24.5 Å². The number of pyridine rings is 2. The van der Waals surface area contributed by atoms with E-state index in [1.54, 1.807) is 6.20 Å². The molecule has 0 saturated carbocycles. The Morgan fingerprint density at radius 3 is 2.62 bits per heavy atom. The monoisotopic (exact) mass is 316 g/mol. The maximum Gasteiger partial charge on any atom is 0.141 e. The molecule has 0 spiro atoms. The Hall–Kier alpha value is -2.69.